The van der Waals surface area contributed by atoms with Crippen LogP contribution < -0.4 is 15.4 Å². The summed E-state index contributed by atoms with van der Waals surface area (Å²) in [5.74, 6) is -1.19. The van der Waals surface area contributed by atoms with E-state index in [2.05, 4.69) is 38.3 Å². The number of hydrogen-bond acceptors (Lipinski definition) is 6. The molecule has 0 saturated carbocycles. The molecule has 1 aromatic carbocycles. The largest absolute Gasteiger partial charge is 0.494 e. The highest BCUT2D eigenvalue weighted by atomic mass is 32.2. The van der Waals surface area contributed by atoms with Crippen LogP contribution in [0, 0.1) is 23.2 Å². The van der Waals surface area contributed by atoms with Crippen LogP contribution in [-0.2, 0) is 14.4 Å². The van der Waals surface area contributed by atoms with Crippen LogP contribution in [0.1, 0.15) is 81.6 Å². The molecule has 4 rings (SSSR count). The predicted octanol–water partition coefficient (Wildman–Crippen LogP) is 4.85. The van der Waals surface area contributed by atoms with E-state index in [1.54, 1.807) is 28.8 Å². The summed E-state index contributed by atoms with van der Waals surface area (Å²) in [6.45, 7) is 18.7. The SMILES string of the molecule is CCOc1ccc(NC(=O)[C@@H]2[C@H]3C(=O)N([C@@H](CO)C(C)C)C(C(=O)NC(C)(C)CC(C)(C)C)C34CC[C@@]2(C)S4)cc1. The van der Waals surface area contributed by atoms with Crippen LogP contribution in [0.25, 0.3) is 0 Å². The minimum atomic E-state index is -0.770. The van der Waals surface area contributed by atoms with Gasteiger partial charge in [0.05, 0.1) is 35.8 Å². The van der Waals surface area contributed by atoms with Gasteiger partial charge in [0.1, 0.15) is 11.8 Å². The number of nitrogens with one attached hydrogen (secondary N) is 2. The maximum Gasteiger partial charge on any atom is 0.244 e. The van der Waals surface area contributed by atoms with Crippen molar-refractivity contribution in [3.8, 4) is 5.75 Å². The molecule has 9 heteroatoms. The maximum absolute atomic E-state index is 14.4. The van der Waals surface area contributed by atoms with Crippen LogP contribution >= 0.6 is 11.8 Å². The van der Waals surface area contributed by atoms with E-state index < -0.39 is 39.0 Å². The Kier molecular flexibility index (Phi) is 8.58. The lowest BCUT2D eigenvalue weighted by atomic mass is 9.66. The molecular formula is C32H49N3O5S. The van der Waals surface area contributed by atoms with Crippen LogP contribution in [0.3, 0.4) is 0 Å². The van der Waals surface area contributed by atoms with Gasteiger partial charge in [0.25, 0.3) is 0 Å². The van der Waals surface area contributed by atoms with Crippen molar-refractivity contribution in [1.82, 2.24) is 10.2 Å². The van der Waals surface area contributed by atoms with E-state index in [1.807, 2.05) is 46.8 Å². The van der Waals surface area contributed by atoms with Crippen molar-refractivity contribution in [2.45, 2.75) is 109 Å². The fourth-order valence-electron chi connectivity index (χ4n) is 7.83. The summed E-state index contributed by atoms with van der Waals surface area (Å²) in [6, 6.07) is 5.94. The second-order valence-electron chi connectivity index (χ2n) is 14.5. The lowest BCUT2D eigenvalue weighted by Gasteiger charge is -2.41. The first-order valence-electron chi connectivity index (χ1n) is 15.0. The van der Waals surface area contributed by atoms with Gasteiger partial charge < -0.3 is 25.4 Å². The van der Waals surface area contributed by atoms with Gasteiger partial charge in [-0.2, -0.15) is 0 Å². The van der Waals surface area contributed by atoms with E-state index in [0.29, 0.717) is 18.7 Å². The van der Waals surface area contributed by atoms with Gasteiger partial charge in [0.2, 0.25) is 17.7 Å². The molecule has 1 spiro atoms. The lowest BCUT2D eigenvalue weighted by molar-refractivity contribution is -0.144. The Hall–Kier alpha value is -2.26. The summed E-state index contributed by atoms with van der Waals surface area (Å²) in [4.78, 5) is 44.4. The lowest BCUT2D eigenvalue weighted by Crippen LogP contribution is -2.60. The number of amides is 3. The number of aliphatic hydroxyl groups is 1. The van der Waals surface area contributed by atoms with Gasteiger partial charge >= 0.3 is 0 Å². The Morgan fingerprint density at radius 3 is 2.29 bits per heavy atom. The molecule has 3 aliphatic heterocycles. The number of nitrogens with zero attached hydrogens (tertiary/aromatic N) is 1. The van der Waals surface area contributed by atoms with Gasteiger partial charge in [-0.1, -0.05) is 34.6 Å². The maximum atomic E-state index is 14.4. The monoisotopic (exact) mass is 587 g/mol. The van der Waals surface area contributed by atoms with Crippen molar-refractivity contribution < 1.29 is 24.2 Å². The zero-order chi connectivity index (χ0) is 30.5. The number of thioether (sulfide) groups is 1. The first-order chi connectivity index (χ1) is 19.0. The van der Waals surface area contributed by atoms with E-state index in [1.165, 1.54) is 0 Å². The minimum absolute atomic E-state index is 0.00750. The zero-order valence-corrected chi connectivity index (χ0v) is 27.0. The van der Waals surface area contributed by atoms with Crippen LogP contribution in [0.5, 0.6) is 5.75 Å². The molecule has 3 fully saturated rings. The summed E-state index contributed by atoms with van der Waals surface area (Å²) < 4.78 is 4.31. The number of fused-ring (bicyclic) bond motifs is 1. The molecule has 2 bridgehead atoms. The molecule has 0 aliphatic carbocycles. The first kappa shape index (κ1) is 31.7. The van der Waals surface area contributed by atoms with Gasteiger partial charge in [0.15, 0.2) is 0 Å². The Labute approximate surface area is 249 Å². The molecule has 3 N–H and O–H groups in total. The van der Waals surface area contributed by atoms with Gasteiger partial charge in [-0.25, -0.2) is 0 Å². The highest BCUT2D eigenvalue weighted by Crippen LogP contribution is 2.71. The number of carbonyl (C=O) groups excluding carboxylic acids is 3. The molecule has 0 radical (unpaired) electrons. The predicted molar refractivity (Wildman–Crippen MR) is 164 cm³/mol. The standard InChI is InChI=1S/C32H49N3O5S/c1-10-40-21-13-11-20(12-14-21)33-26(37)23-24-28(39)35(22(17-36)19(2)3)25(32(24)16-15-31(23,9)41-32)27(38)34-30(7,8)18-29(4,5)6/h11-14,19,22-25,36H,10,15-18H2,1-9H3,(H,33,37)(H,34,38)/t22-,23-,24-,25?,31+,32?/m0/s1. The van der Waals surface area contributed by atoms with Crippen molar-refractivity contribution >= 4 is 35.2 Å². The molecule has 3 saturated heterocycles. The highest BCUT2D eigenvalue weighted by molar-refractivity contribution is 8.02. The van der Waals surface area contributed by atoms with Crippen LogP contribution in [0.4, 0.5) is 5.69 Å². The molecule has 0 aromatic heterocycles. The normalized spacial score (nSPS) is 30.0. The van der Waals surface area contributed by atoms with E-state index >= 15 is 0 Å². The molecule has 6 atom stereocenters. The summed E-state index contributed by atoms with van der Waals surface area (Å²) in [7, 11) is 0. The van der Waals surface area contributed by atoms with Crippen LogP contribution in [0.2, 0.25) is 0 Å². The molecular weight excluding hydrogens is 538 g/mol. The number of ether oxygens (including phenoxy) is 1. The van der Waals surface area contributed by atoms with Crippen LogP contribution in [0.15, 0.2) is 24.3 Å². The number of aliphatic hydroxyl groups excluding tert-OH is 1. The fourth-order valence-corrected chi connectivity index (χ4v) is 10.2. The average molecular weight is 588 g/mol. The van der Waals surface area contributed by atoms with Gasteiger partial charge in [0, 0.05) is 16.0 Å². The van der Waals surface area contributed by atoms with E-state index in [9.17, 15) is 19.5 Å². The third-order valence-corrected chi connectivity index (χ3v) is 10.9. The minimum Gasteiger partial charge on any atom is -0.494 e. The second-order valence-corrected chi connectivity index (χ2v) is 16.4. The molecule has 1 aromatic rings. The Bertz CT molecular complexity index is 1160. The molecule has 41 heavy (non-hydrogen) atoms. The molecule has 2 unspecified atom stereocenters. The molecule has 228 valence electrons. The summed E-state index contributed by atoms with van der Waals surface area (Å²) in [5, 5.41) is 16.8. The number of hydrogen-bond donors (Lipinski definition) is 3. The van der Waals surface area contributed by atoms with Crippen molar-refractivity contribution in [2.24, 2.45) is 23.2 Å². The van der Waals surface area contributed by atoms with E-state index in [4.69, 9.17) is 4.74 Å². The zero-order valence-electron chi connectivity index (χ0n) is 26.2. The Balaban J connectivity index is 1.71. The summed E-state index contributed by atoms with van der Waals surface area (Å²) in [6.07, 6.45) is 2.16. The van der Waals surface area contributed by atoms with Crippen molar-refractivity contribution in [1.29, 1.82) is 0 Å². The quantitative estimate of drug-likeness (QED) is 0.361. The number of likely N-dealkylation sites (tertiary alicyclic amines) is 1. The van der Waals surface area contributed by atoms with E-state index in [0.717, 1.165) is 18.6 Å². The smallest absolute Gasteiger partial charge is 0.244 e. The summed E-state index contributed by atoms with van der Waals surface area (Å²) in [5.41, 5.74) is 0.132. The third-order valence-electron chi connectivity index (χ3n) is 8.93. The van der Waals surface area contributed by atoms with Crippen molar-refractivity contribution in [2.75, 3.05) is 18.5 Å². The average Bonchev–Trinajstić information content (AvgIpc) is 3.40. The van der Waals surface area contributed by atoms with Gasteiger partial charge in [-0.3, -0.25) is 14.4 Å². The molecule has 3 aliphatic rings. The van der Waals surface area contributed by atoms with Gasteiger partial charge in [-0.05, 0) is 82.6 Å². The van der Waals surface area contributed by atoms with E-state index in [-0.39, 0.29) is 35.7 Å². The summed E-state index contributed by atoms with van der Waals surface area (Å²) >= 11 is 1.64. The Morgan fingerprint density at radius 2 is 1.76 bits per heavy atom. The number of benzene rings is 1. The topological polar surface area (TPSA) is 108 Å². The van der Waals surface area contributed by atoms with Crippen molar-refractivity contribution in [3.63, 3.8) is 0 Å². The Morgan fingerprint density at radius 1 is 1.12 bits per heavy atom. The fraction of sp³-hybridized carbons (Fsp3) is 0.719. The molecule has 3 amide bonds. The number of anilines is 1. The molecule has 3 heterocycles. The number of carbonyl (C=O) groups is 3. The molecule has 8 nitrogen and oxygen atoms in total. The highest BCUT2D eigenvalue weighted by Gasteiger charge is 2.77. The first-order valence-corrected chi connectivity index (χ1v) is 15.8. The van der Waals surface area contributed by atoms with Crippen molar-refractivity contribution in [3.05, 3.63) is 24.3 Å². The second kappa shape index (κ2) is 11.1. The number of rotatable bonds is 10. The third kappa shape index (κ3) is 5.85. The van der Waals surface area contributed by atoms with Crippen LogP contribution in [-0.4, -0.2) is 68.1 Å². The van der Waals surface area contributed by atoms with Gasteiger partial charge in [-0.15, -0.1) is 11.8 Å².